The molecule has 6 nitrogen and oxygen atoms in total. The number of rotatable bonds is 6. The monoisotopic (exact) mass is 457 g/mol. The van der Waals surface area contributed by atoms with Gasteiger partial charge in [0.25, 0.3) is 10.1 Å². The van der Waals surface area contributed by atoms with Gasteiger partial charge in [0.05, 0.1) is 12.2 Å². The van der Waals surface area contributed by atoms with Crippen molar-refractivity contribution in [3.63, 3.8) is 0 Å². The van der Waals surface area contributed by atoms with Crippen LogP contribution >= 0.6 is 0 Å². The number of nitrogens with zero attached hydrogens (tertiary/aromatic N) is 1. The van der Waals surface area contributed by atoms with Crippen LogP contribution in [0, 0.1) is 11.8 Å². The first kappa shape index (κ1) is 24.2. The van der Waals surface area contributed by atoms with Gasteiger partial charge in [-0.1, -0.05) is 79.2 Å². The van der Waals surface area contributed by atoms with Crippen LogP contribution in [0.1, 0.15) is 30.9 Å². The van der Waals surface area contributed by atoms with Crippen molar-refractivity contribution >= 4 is 16.1 Å². The molecule has 2 aromatic rings. The first-order valence-electron chi connectivity index (χ1n) is 10.9. The summed E-state index contributed by atoms with van der Waals surface area (Å²) in [5, 5.41) is 9.82. The van der Waals surface area contributed by atoms with Crippen molar-refractivity contribution < 1.29 is 22.9 Å². The maximum Gasteiger partial charge on any atom is 0.308 e. The second-order valence-corrected chi connectivity index (χ2v) is 9.99. The molecule has 2 bridgehead atoms. The molecule has 4 atom stereocenters. The van der Waals surface area contributed by atoms with E-state index in [2.05, 4.69) is 72.5 Å². The average Bonchev–Trinajstić information content (AvgIpc) is 2.75. The van der Waals surface area contributed by atoms with Crippen molar-refractivity contribution in [2.24, 2.45) is 11.8 Å². The third-order valence-electron chi connectivity index (χ3n) is 6.28. The Morgan fingerprint density at radius 3 is 2.06 bits per heavy atom. The van der Waals surface area contributed by atoms with Gasteiger partial charge in [-0.25, -0.2) is 0 Å². The van der Waals surface area contributed by atoms with Crippen LogP contribution in [0.4, 0.5) is 0 Å². The van der Waals surface area contributed by atoms with Gasteiger partial charge in [0.2, 0.25) is 0 Å². The van der Waals surface area contributed by atoms with E-state index in [-0.39, 0.29) is 12.0 Å². The van der Waals surface area contributed by atoms with Gasteiger partial charge in [0.1, 0.15) is 0 Å². The zero-order chi connectivity index (χ0) is 23.3. The quantitative estimate of drug-likeness (QED) is 0.502. The summed E-state index contributed by atoms with van der Waals surface area (Å²) in [6, 6.07) is 21.4. The van der Waals surface area contributed by atoms with Crippen molar-refractivity contribution in [2.75, 3.05) is 6.26 Å². The van der Waals surface area contributed by atoms with Gasteiger partial charge in [-0.05, 0) is 36.3 Å². The predicted molar refractivity (Wildman–Crippen MR) is 125 cm³/mol. The molecule has 3 aliphatic rings. The molecule has 0 spiro atoms. The third-order valence-corrected chi connectivity index (χ3v) is 6.28. The van der Waals surface area contributed by atoms with Crippen molar-refractivity contribution in [3.8, 4) is 0 Å². The highest BCUT2D eigenvalue weighted by Crippen LogP contribution is 2.45. The van der Waals surface area contributed by atoms with Gasteiger partial charge in [0, 0.05) is 18.6 Å². The average molecular weight is 458 g/mol. The Balaban J connectivity index is 0.000000523. The van der Waals surface area contributed by atoms with E-state index in [1.165, 1.54) is 16.7 Å². The molecule has 2 heterocycles. The molecule has 1 saturated heterocycles. The zero-order valence-electron chi connectivity index (χ0n) is 18.5. The molecule has 1 fully saturated rings. The molecular formula is C25H31NO5S. The van der Waals surface area contributed by atoms with E-state index in [9.17, 15) is 18.3 Å². The SMILES string of the molecule is CCC1=CC2C(C(=O)O)CC1C(Cc1ccccc1)N2Cc1ccccc1.CS(=O)(=O)O. The minimum absolute atomic E-state index is 0.0173. The van der Waals surface area contributed by atoms with Gasteiger partial charge >= 0.3 is 5.97 Å². The van der Waals surface area contributed by atoms with E-state index >= 15 is 0 Å². The van der Waals surface area contributed by atoms with E-state index in [1.807, 2.05) is 6.07 Å². The van der Waals surface area contributed by atoms with E-state index in [1.54, 1.807) is 0 Å². The molecule has 7 heteroatoms. The van der Waals surface area contributed by atoms with Crippen LogP contribution in [0.3, 0.4) is 0 Å². The number of benzene rings is 2. The van der Waals surface area contributed by atoms with Crippen molar-refractivity contribution in [3.05, 3.63) is 83.4 Å². The molecule has 5 rings (SSSR count). The Kier molecular flexibility index (Phi) is 7.87. The zero-order valence-corrected chi connectivity index (χ0v) is 19.3. The first-order chi connectivity index (χ1) is 15.2. The summed E-state index contributed by atoms with van der Waals surface area (Å²) in [5.41, 5.74) is 4.02. The van der Waals surface area contributed by atoms with Crippen LogP contribution in [-0.4, -0.2) is 47.3 Å². The molecule has 0 amide bonds. The highest BCUT2D eigenvalue weighted by atomic mass is 32.2. The summed E-state index contributed by atoms with van der Waals surface area (Å²) < 4.78 is 25.9. The Bertz CT molecular complexity index is 1030. The number of carbonyl (C=O) groups is 1. The fraction of sp³-hybridized carbons (Fsp3) is 0.400. The molecule has 32 heavy (non-hydrogen) atoms. The standard InChI is InChI=1S/C24H27NO2.CH4O3S/c1-2-19-14-23-21(24(26)27)15-20(19)22(13-17-9-5-3-6-10-17)25(23)16-18-11-7-4-8-12-18;1-5(2,3)4/h3-12,14,20-23H,2,13,15-16H2,1H3,(H,26,27);1H3,(H,2,3,4). The lowest BCUT2D eigenvalue weighted by molar-refractivity contribution is -0.148. The molecule has 0 saturated carbocycles. The lowest BCUT2D eigenvalue weighted by Gasteiger charge is -2.53. The van der Waals surface area contributed by atoms with Crippen LogP contribution in [0.5, 0.6) is 0 Å². The Hall–Kier alpha value is -2.48. The summed E-state index contributed by atoms with van der Waals surface area (Å²) in [5.74, 6) is -0.640. The van der Waals surface area contributed by atoms with Crippen molar-refractivity contribution in [2.45, 2.75) is 44.8 Å². The lowest BCUT2D eigenvalue weighted by Crippen LogP contribution is -2.59. The largest absolute Gasteiger partial charge is 0.481 e. The Morgan fingerprint density at radius 2 is 1.56 bits per heavy atom. The van der Waals surface area contributed by atoms with Crippen molar-refractivity contribution in [1.82, 2.24) is 4.90 Å². The Morgan fingerprint density at radius 1 is 1.03 bits per heavy atom. The molecule has 0 aromatic heterocycles. The van der Waals surface area contributed by atoms with Gasteiger partial charge in [0.15, 0.2) is 0 Å². The van der Waals surface area contributed by atoms with E-state index in [0.29, 0.717) is 18.2 Å². The van der Waals surface area contributed by atoms with Crippen LogP contribution in [0.25, 0.3) is 0 Å². The number of hydrogen-bond donors (Lipinski definition) is 2. The summed E-state index contributed by atoms with van der Waals surface area (Å²) in [6.07, 6.45) is 5.73. The smallest absolute Gasteiger partial charge is 0.308 e. The Labute approximate surface area is 190 Å². The van der Waals surface area contributed by atoms with Crippen LogP contribution < -0.4 is 0 Å². The first-order valence-corrected chi connectivity index (χ1v) is 12.7. The van der Waals surface area contributed by atoms with E-state index in [0.717, 1.165) is 25.8 Å². The number of hydrogen-bond acceptors (Lipinski definition) is 4. The molecule has 1 aliphatic carbocycles. The molecule has 2 N–H and O–H groups in total. The maximum atomic E-state index is 11.9. The lowest BCUT2D eigenvalue weighted by atomic mass is 9.67. The molecular weight excluding hydrogens is 426 g/mol. The second kappa shape index (κ2) is 10.4. The number of fused-ring (bicyclic) bond motifs is 2. The molecule has 0 radical (unpaired) electrons. The molecule has 2 aliphatic heterocycles. The topological polar surface area (TPSA) is 94.9 Å². The number of carboxylic acids is 1. The summed E-state index contributed by atoms with van der Waals surface area (Å²) in [7, 11) is -3.67. The summed E-state index contributed by atoms with van der Waals surface area (Å²) >= 11 is 0. The van der Waals surface area contributed by atoms with Gasteiger partial charge in [-0.2, -0.15) is 8.42 Å². The van der Waals surface area contributed by atoms with Crippen LogP contribution in [-0.2, 0) is 27.9 Å². The minimum Gasteiger partial charge on any atom is -0.481 e. The normalized spacial score (nSPS) is 24.9. The molecule has 2 aromatic carbocycles. The van der Waals surface area contributed by atoms with Crippen LogP contribution in [0.2, 0.25) is 0 Å². The van der Waals surface area contributed by atoms with E-state index < -0.39 is 16.1 Å². The highest BCUT2D eigenvalue weighted by molar-refractivity contribution is 7.85. The van der Waals surface area contributed by atoms with Gasteiger partial charge in [-0.15, -0.1) is 0 Å². The maximum absolute atomic E-state index is 11.9. The number of carboxylic acid groups (broad SMARTS) is 1. The number of piperidine rings is 1. The number of aliphatic carboxylic acids is 1. The van der Waals surface area contributed by atoms with Gasteiger partial charge < -0.3 is 5.11 Å². The van der Waals surface area contributed by atoms with Crippen molar-refractivity contribution in [1.29, 1.82) is 0 Å². The van der Waals surface area contributed by atoms with E-state index in [4.69, 9.17) is 4.55 Å². The third kappa shape index (κ3) is 6.28. The highest BCUT2D eigenvalue weighted by Gasteiger charge is 2.49. The fourth-order valence-electron chi connectivity index (χ4n) is 4.97. The summed E-state index contributed by atoms with van der Waals surface area (Å²) in [4.78, 5) is 14.4. The molecule has 172 valence electrons. The minimum atomic E-state index is -3.67. The fourth-order valence-corrected chi connectivity index (χ4v) is 4.97. The van der Waals surface area contributed by atoms with Gasteiger partial charge in [-0.3, -0.25) is 14.2 Å². The second-order valence-electron chi connectivity index (χ2n) is 8.52. The van der Waals surface area contributed by atoms with Crippen LogP contribution in [0.15, 0.2) is 72.3 Å². The summed E-state index contributed by atoms with van der Waals surface area (Å²) in [6.45, 7) is 3.00. The predicted octanol–water partition coefficient (Wildman–Crippen LogP) is 4.04. The molecule has 4 unspecified atom stereocenters.